The number of esters is 2. The van der Waals surface area contributed by atoms with Gasteiger partial charge in [-0.25, -0.2) is 9.59 Å². The Morgan fingerprint density at radius 3 is 1.47 bits per heavy atom. The number of hydrogen-bond donors (Lipinski definition) is 0. The molecule has 0 N–H and O–H groups in total. The molecule has 10 heteroatoms. The molecular formula is C22H22Br2Cl2O6. The minimum absolute atomic E-state index is 0.176. The molecule has 6 nitrogen and oxygen atoms in total. The van der Waals surface area contributed by atoms with Gasteiger partial charge in [0.25, 0.3) is 0 Å². The highest BCUT2D eigenvalue weighted by atomic mass is 79.9. The molecule has 0 aromatic heterocycles. The summed E-state index contributed by atoms with van der Waals surface area (Å²) in [5.74, 6) is 0.167. The Labute approximate surface area is 213 Å². The molecular weight excluding hydrogens is 591 g/mol. The van der Waals surface area contributed by atoms with E-state index in [-0.39, 0.29) is 13.2 Å². The molecule has 0 aliphatic carbocycles. The van der Waals surface area contributed by atoms with Gasteiger partial charge in [0.15, 0.2) is 13.2 Å². The molecule has 0 amide bonds. The van der Waals surface area contributed by atoms with Crippen molar-refractivity contribution in [2.75, 3.05) is 26.4 Å². The molecule has 0 spiro atoms. The van der Waals surface area contributed by atoms with Crippen LogP contribution in [0.5, 0.6) is 11.5 Å². The van der Waals surface area contributed by atoms with Gasteiger partial charge in [-0.1, -0.05) is 23.2 Å². The lowest BCUT2D eigenvalue weighted by atomic mass is 10.2. The Kier molecular flexibility index (Phi) is 12.2. The van der Waals surface area contributed by atoms with Crippen LogP contribution < -0.4 is 9.47 Å². The van der Waals surface area contributed by atoms with Gasteiger partial charge in [0.2, 0.25) is 0 Å². The van der Waals surface area contributed by atoms with Crippen LogP contribution in [0.15, 0.2) is 45.3 Å². The third-order valence-corrected chi connectivity index (χ3v) is 5.75. The van der Waals surface area contributed by atoms with Crippen LogP contribution in [0, 0.1) is 0 Å². The molecule has 0 radical (unpaired) electrons. The molecule has 2 aromatic carbocycles. The van der Waals surface area contributed by atoms with Crippen LogP contribution in [-0.2, 0) is 19.1 Å². The van der Waals surface area contributed by atoms with E-state index in [4.69, 9.17) is 42.1 Å². The molecule has 0 atom stereocenters. The zero-order chi connectivity index (χ0) is 23.3. The molecule has 2 rings (SSSR count). The van der Waals surface area contributed by atoms with E-state index >= 15 is 0 Å². The second-order valence-electron chi connectivity index (χ2n) is 6.58. The predicted octanol–water partition coefficient (Wildman–Crippen LogP) is 6.62. The van der Waals surface area contributed by atoms with E-state index in [1.165, 1.54) is 0 Å². The van der Waals surface area contributed by atoms with Gasteiger partial charge in [-0.05, 0) is 93.9 Å². The second kappa shape index (κ2) is 14.6. The fraction of sp³-hybridized carbons (Fsp3) is 0.364. The summed E-state index contributed by atoms with van der Waals surface area (Å²) >= 11 is 18.4. The lowest BCUT2D eigenvalue weighted by Crippen LogP contribution is -2.16. The van der Waals surface area contributed by atoms with E-state index in [0.29, 0.717) is 43.7 Å². The third-order valence-electron chi connectivity index (χ3n) is 4.04. The van der Waals surface area contributed by atoms with Crippen molar-refractivity contribution in [1.29, 1.82) is 0 Å². The topological polar surface area (TPSA) is 71.1 Å². The summed E-state index contributed by atoms with van der Waals surface area (Å²) in [6.07, 6.45) is 3.14. The van der Waals surface area contributed by atoms with Gasteiger partial charge in [0, 0.05) is 10.0 Å². The number of halogens is 4. The SMILES string of the molecule is O=C(COc1ccc(Cl)cc1Br)OCCCCCCOC(=O)COc1ccc(Cl)cc1Br. The van der Waals surface area contributed by atoms with E-state index < -0.39 is 11.9 Å². The monoisotopic (exact) mass is 610 g/mol. The van der Waals surface area contributed by atoms with Crippen molar-refractivity contribution < 1.29 is 28.5 Å². The van der Waals surface area contributed by atoms with Crippen molar-refractivity contribution in [2.24, 2.45) is 0 Å². The van der Waals surface area contributed by atoms with Crippen molar-refractivity contribution in [3.63, 3.8) is 0 Å². The molecule has 0 saturated heterocycles. The Hall–Kier alpha value is -1.48. The van der Waals surface area contributed by atoms with E-state index in [2.05, 4.69) is 31.9 Å². The predicted molar refractivity (Wildman–Crippen MR) is 130 cm³/mol. The smallest absolute Gasteiger partial charge is 0.344 e. The van der Waals surface area contributed by atoms with Gasteiger partial charge < -0.3 is 18.9 Å². The highest BCUT2D eigenvalue weighted by Crippen LogP contribution is 2.28. The highest BCUT2D eigenvalue weighted by Gasteiger charge is 2.09. The van der Waals surface area contributed by atoms with Crippen molar-refractivity contribution in [3.8, 4) is 11.5 Å². The molecule has 32 heavy (non-hydrogen) atoms. The normalized spacial score (nSPS) is 10.5. The molecule has 2 aromatic rings. The van der Waals surface area contributed by atoms with Crippen molar-refractivity contribution >= 4 is 67.0 Å². The molecule has 0 heterocycles. The summed E-state index contributed by atoms with van der Waals surface area (Å²) in [5.41, 5.74) is 0. The summed E-state index contributed by atoms with van der Waals surface area (Å²) in [6, 6.07) is 10.1. The average molecular weight is 613 g/mol. The van der Waals surface area contributed by atoms with Gasteiger partial charge >= 0.3 is 11.9 Å². The summed E-state index contributed by atoms with van der Waals surface area (Å²) in [4.78, 5) is 23.5. The lowest BCUT2D eigenvalue weighted by Gasteiger charge is -2.09. The number of benzene rings is 2. The first-order valence-electron chi connectivity index (χ1n) is 9.82. The van der Waals surface area contributed by atoms with Crippen molar-refractivity contribution in [3.05, 3.63) is 55.4 Å². The molecule has 0 unspecified atom stereocenters. The van der Waals surface area contributed by atoms with Gasteiger partial charge in [0.05, 0.1) is 22.2 Å². The molecule has 0 fully saturated rings. The van der Waals surface area contributed by atoms with Crippen molar-refractivity contribution in [1.82, 2.24) is 0 Å². The zero-order valence-electron chi connectivity index (χ0n) is 17.1. The first kappa shape index (κ1) is 26.8. The number of ether oxygens (including phenoxy) is 4. The molecule has 174 valence electrons. The number of hydrogen-bond acceptors (Lipinski definition) is 6. The zero-order valence-corrected chi connectivity index (χ0v) is 21.8. The van der Waals surface area contributed by atoms with E-state index in [0.717, 1.165) is 25.7 Å². The Morgan fingerprint density at radius 2 is 1.09 bits per heavy atom. The fourth-order valence-corrected chi connectivity index (χ4v) is 4.07. The van der Waals surface area contributed by atoms with Crippen LogP contribution in [0.2, 0.25) is 10.0 Å². The molecule has 0 aliphatic rings. The van der Waals surface area contributed by atoms with Crippen molar-refractivity contribution in [2.45, 2.75) is 25.7 Å². The maximum absolute atomic E-state index is 11.7. The molecule has 0 bridgehead atoms. The van der Waals surface area contributed by atoms with Crippen LogP contribution >= 0.6 is 55.1 Å². The second-order valence-corrected chi connectivity index (χ2v) is 9.16. The largest absolute Gasteiger partial charge is 0.481 e. The molecule has 0 saturated carbocycles. The van der Waals surface area contributed by atoms with Crippen LogP contribution in [-0.4, -0.2) is 38.4 Å². The third kappa shape index (κ3) is 10.4. The minimum Gasteiger partial charge on any atom is -0.481 e. The number of carbonyl (C=O) groups excluding carboxylic acids is 2. The van der Waals surface area contributed by atoms with Gasteiger partial charge in [-0.3, -0.25) is 0 Å². The summed E-state index contributed by atoms with van der Waals surface area (Å²) in [7, 11) is 0. The lowest BCUT2D eigenvalue weighted by molar-refractivity contribution is -0.147. The first-order valence-corrected chi connectivity index (χ1v) is 12.2. The van der Waals surface area contributed by atoms with E-state index in [1.54, 1.807) is 36.4 Å². The minimum atomic E-state index is -0.437. The average Bonchev–Trinajstić information content (AvgIpc) is 2.74. The summed E-state index contributed by atoms with van der Waals surface area (Å²) in [6.45, 7) is 0.275. The molecule has 0 aliphatic heterocycles. The van der Waals surface area contributed by atoms with Crippen LogP contribution in [0.3, 0.4) is 0 Å². The number of carbonyl (C=O) groups is 2. The Morgan fingerprint density at radius 1 is 0.688 bits per heavy atom. The Bertz CT molecular complexity index is 836. The Balaban J connectivity index is 1.46. The van der Waals surface area contributed by atoms with Crippen LogP contribution in [0.4, 0.5) is 0 Å². The summed E-state index contributed by atoms with van der Waals surface area (Å²) in [5, 5.41) is 1.14. The van der Waals surface area contributed by atoms with E-state index in [9.17, 15) is 9.59 Å². The van der Waals surface area contributed by atoms with Crippen LogP contribution in [0.1, 0.15) is 25.7 Å². The maximum Gasteiger partial charge on any atom is 0.344 e. The van der Waals surface area contributed by atoms with Gasteiger partial charge in [-0.15, -0.1) is 0 Å². The standard InChI is InChI=1S/C22H22Br2Cl2O6/c23-17-11-15(25)5-7-19(17)31-13-21(27)29-9-3-1-2-4-10-30-22(28)14-32-20-8-6-16(26)12-18(20)24/h5-8,11-12H,1-4,9-10,13-14H2. The van der Waals surface area contributed by atoms with Gasteiger partial charge in [0.1, 0.15) is 11.5 Å². The number of unbranched alkanes of at least 4 members (excludes halogenated alkanes) is 3. The highest BCUT2D eigenvalue weighted by molar-refractivity contribution is 9.10. The fourth-order valence-electron chi connectivity index (χ4n) is 2.47. The van der Waals surface area contributed by atoms with Crippen LogP contribution in [0.25, 0.3) is 0 Å². The first-order chi connectivity index (χ1) is 15.3. The summed E-state index contributed by atoms with van der Waals surface area (Å²) < 4.78 is 22.4. The van der Waals surface area contributed by atoms with Gasteiger partial charge in [-0.2, -0.15) is 0 Å². The maximum atomic E-state index is 11.7. The number of rotatable bonds is 13. The van der Waals surface area contributed by atoms with E-state index in [1.807, 2.05) is 0 Å². The quantitative estimate of drug-likeness (QED) is 0.187.